The number of hydrogen-bond acceptors (Lipinski definition) is 4. The minimum atomic E-state index is -0.693. The van der Waals surface area contributed by atoms with Gasteiger partial charge in [-0.1, -0.05) is 24.3 Å². The number of rotatable bonds is 5. The van der Waals surface area contributed by atoms with Gasteiger partial charge in [0.2, 0.25) is 0 Å². The van der Waals surface area contributed by atoms with Crippen LogP contribution in [-0.2, 0) is 4.79 Å². The van der Waals surface area contributed by atoms with E-state index in [1.807, 2.05) is 18.2 Å². The maximum Gasteiger partial charge on any atom is 0.261 e. The van der Waals surface area contributed by atoms with Gasteiger partial charge >= 0.3 is 0 Å². The Hall–Kier alpha value is -2.32. The summed E-state index contributed by atoms with van der Waals surface area (Å²) in [6.07, 6.45) is 3.79. The fourth-order valence-electron chi connectivity index (χ4n) is 2.22. The first-order chi connectivity index (χ1) is 10.1. The third-order valence-electron chi connectivity index (χ3n) is 3.41. The summed E-state index contributed by atoms with van der Waals surface area (Å²) in [6, 6.07) is 8.77. The Morgan fingerprint density at radius 2 is 2.29 bits per heavy atom. The number of ether oxygens (including phenoxy) is 1. The van der Waals surface area contributed by atoms with Gasteiger partial charge in [0.15, 0.2) is 6.10 Å². The molecule has 110 valence electrons. The summed E-state index contributed by atoms with van der Waals surface area (Å²) in [4.78, 5) is 12.1. The monoisotopic (exact) mass is 286 g/mol. The Labute approximate surface area is 123 Å². The first-order valence-corrected chi connectivity index (χ1v) is 6.89. The molecule has 0 saturated carbocycles. The number of carbonyl (C=O) groups is 1. The molecule has 1 amide bonds. The molecule has 0 radical (unpaired) electrons. The zero-order valence-corrected chi connectivity index (χ0v) is 11.8. The lowest BCUT2D eigenvalue weighted by Crippen LogP contribution is -2.41. The first kappa shape index (κ1) is 15.1. The molecule has 2 rings (SSSR count). The van der Waals surface area contributed by atoms with Crippen molar-refractivity contribution < 1.29 is 14.6 Å². The number of aliphatic hydroxyl groups excluding tert-OH is 1. The summed E-state index contributed by atoms with van der Waals surface area (Å²) < 4.78 is 5.55. The highest BCUT2D eigenvalue weighted by atomic mass is 16.5. The summed E-state index contributed by atoms with van der Waals surface area (Å²) in [5.41, 5.74) is 0.401. The fraction of sp³-hybridized carbons (Fsp3) is 0.375. The van der Waals surface area contributed by atoms with Crippen molar-refractivity contribution in [1.29, 1.82) is 5.26 Å². The molecule has 0 bridgehead atoms. The van der Waals surface area contributed by atoms with Crippen molar-refractivity contribution in [3.63, 3.8) is 0 Å². The standard InChI is InChI=1S/C16H18N2O3/c1-11(21-15-5-3-2-4-13(15)9-17)16(20)18-14-7-6-12(8-14)10-19/h2-7,11-12,14,19H,8,10H2,1H3,(H,18,20)/t11?,12-,14+/m0/s1. The van der Waals surface area contributed by atoms with Gasteiger partial charge in [-0.3, -0.25) is 4.79 Å². The molecule has 1 aliphatic rings. The molecule has 0 saturated heterocycles. The van der Waals surface area contributed by atoms with Crippen LogP contribution >= 0.6 is 0 Å². The number of hydrogen-bond donors (Lipinski definition) is 2. The number of aliphatic hydroxyl groups is 1. The van der Waals surface area contributed by atoms with Crippen LogP contribution in [-0.4, -0.2) is 29.8 Å². The molecule has 0 spiro atoms. The molecule has 3 atom stereocenters. The van der Waals surface area contributed by atoms with Gasteiger partial charge in [0.05, 0.1) is 5.56 Å². The van der Waals surface area contributed by atoms with Gasteiger partial charge in [0.25, 0.3) is 5.91 Å². The SMILES string of the molecule is CC(Oc1ccccc1C#N)C(=O)N[C@@H]1C=C[C@H](CO)C1. The van der Waals surface area contributed by atoms with E-state index in [0.717, 1.165) is 0 Å². The molecular formula is C16H18N2O3. The van der Waals surface area contributed by atoms with Gasteiger partial charge in [-0.2, -0.15) is 5.26 Å². The highest BCUT2D eigenvalue weighted by molar-refractivity contribution is 5.81. The molecule has 0 aliphatic heterocycles. The van der Waals surface area contributed by atoms with Crippen LogP contribution in [0.25, 0.3) is 0 Å². The molecule has 1 aromatic carbocycles. The molecule has 5 nitrogen and oxygen atoms in total. The Kier molecular flexibility index (Phi) is 4.96. The second-order valence-electron chi connectivity index (χ2n) is 5.05. The molecular weight excluding hydrogens is 268 g/mol. The molecule has 2 N–H and O–H groups in total. The van der Waals surface area contributed by atoms with Crippen molar-refractivity contribution >= 4 is 5.91 Å². The Bertz CT molecular complexity index is 577. The van der Waals surface area contributed by atoms with Crippen molar-refractivity contribution in [1.82, 2.24) is 5.32 Å². The largest absolute Gasteiger partial charge is 0.480 e. The smallest absolute Gasteiger partial charge is 0.261 e. The van der Waals surface area contributed by atoms with E-state index in [4.69, 9.17) is 15.1 Å². The van der Waals surface area contributed by atoms with Crippen LogP contribution in [0.15, 0.2) is 36.4 Å². The third kappa shape index (κ3) is 3.83. The molecule has 1 aliphatic carbocycles. The third-order valence-corrected chi connectivity index (χ3v) is 3.41. The zero-order chi connectivity index (χ0) is 15.2. The molecule has 0 heterocycles. The average Bonchev–Trinajstić information content (AvgIpc) is 2.95. The van der Waals surface area contributed by atoms with E-state index in [0.29, 0.717) is 17.7 Å². The molecule has 0 aromatic heterocycles. The zero-order valence-electron chi connectivity index (χ0n) is 11.8. The highest BCUT2D eigenvalue weighted by Gasteiger charge is 2.23. The quantitative estimate of drug-likeness (QED) is 0.801. The number of para-hydroxylation sites is 1. The first-order valence-electron chi connectivity index (χ1n) is 6.89. The van der Waals surface area contributed by atoms with Gasteiger partial charge in [-0.15, -0.1) is 0 Å². The van der Waals surface area contributed by atoms with Crippen LogP contribution in [0.2, 0.25) is 0 Å². The van der Waals surface area contributed by atoms with Crippen LogP contribution in [0.1, 0.15) is 18.9 Å². The lowest BCUT2D eigenvalue weighted by molar-refractivity contribution is -0.127. The number of nitrogens with zero attached hydrogens (tertiary/aromatic N) is 1. The average molecular weight is 286 g/mol. The molecule has 21 heavy (non-hydrogen) atoms. The normalized spacial score (nSPS) is 21.6. The molecule has 1 unspecified atom stereocenters. The predicted octanol–water partition coefficient (Wildman–Crippen LogP) is 1.38. The van der Waals surface area contributed by atoms with Gasteiger partial charge in [-0.05, 0) is 25.5 Å². The maximum absolute atomic E-state index is 12.1. The van der Waals surface area contributed by atoms with E-state index < -0.39 is 6.10 Å². The Balaban J connectivity index is 1.91. The Morgan fingerprint density at radius 3 is 2.95 bits per heavy atom. The van der Waals surface area contributed by atoms with E-state index in [1.165, 1.54) is 0 Å². The summed E-state index contributed by atoms with van der Waals surface area (Å²) in [7, 11) is 0. The lowest BCUT2D eigenvalue weighted by Gasteiger charge is -2.18. The van der Waals surface area contributed by atoms with Crippen molar-refractivity contribution in [2.24, 2.45) is 5.92 Å². The fourth-order valence-corrected chi connectivity index (χ4v) is 2.22. The van der Waals surface area contributed by atoms with Crippen LogP contribution in [0.4, 0.5) is 0 Å². The number of nitrogens with one attached hydrogen (secondary N) is 1. The number of nitriles is 1. The van der Waals surface area contributed by atoms with E-state index in [9.17, 15) is 4.79 Å². The molecule has 5 heteroatoms. The van der Waals surface area contributed by atoms with Gasteiger partial charge < -0.3 is 15.2 Å². The number of benzene rings is 1. The minimum absolute atomic E-state index is 0.0769. The van der Waals surface area contributed by atoms with Gasteiger partial charge in [0.1, 0.15) is 11.8 Å². The van der Waals surface area contributed by atoms with Crippen LogP contribution in [0, 0.1) is 17.2 Å². The lowest BCUT2D eigenvalue weighted by atomic mass is 10.1. The second kappa shape index (κ2) is 6.91. The summed E-state index contributed by atoms with van der Waals surface area (Å²) in [5.74, 6) is 0.264. The van der Waals surface area contributed by atoms with Crippen molar-refractivity contribution in [3.8, 4) is 11.8 Å². The predicted molar refractivity (Wildman–Crippen MR) is 77.5 cm³/mol. The van der Waals surface area contributed by atoms with Crippen LogP contribution in [0.3, 0.4) is 0 Å². The van der Waals surface area contributed by atoms with Crippen molar-refractivity contribution in [2.75, 3.05) is 6.61 Å². The van der Waals surface area contributed by atoms with E-state index in [2.05, 4.69) is 5.32 Å². The number of carbonyl (C=O) groups excluding carboxylic acids is 1. The van der Waals surface area contributed by atoms with E-state index in [1.54, 1.807) is 31.2 Å². The molecule has 1 aromatic rings. The minimum Gasteiger partial charge on any atom is -0.480 e. The van der Waals surface area contributed by atoms with E-state index >= 15 is 0 Å². The van der Waals surface area contributed by atoms with E-state index in [-0.39, 0.29) is 24.5 Å². The Morgan fingerprint density at radius 1 is 1.52 bits per heavy atom. The topological polar surface area (TPSA) is 82.3 Å². The highest BCUT2D eigenvalue weighted by Crippen LogP contribution is 2.19. The van der Waals surface area contributed by atoms with Gasteiger partial charge in [0, 0.05) is 18.6 Å². The van der Waals surface area contributed by atoms with Crippen LogP contribution in [0.5, 0.6) is 5.75 Å². The maximum atomic E-state index is 12.1. The summed E-state index contributed by atoms with van der Waals surface area (Å²) >= 11 is 0. The number of amides is 1. The summed E-state index contributed by atoms with van der Waals surface area (Å²) in [6.45, 7) is 1.73. The summed E-state index contributed by atoms with van der Waals surface area (Å²) in [5, 5.41) is 20.9. The second-order valence-corrected chi connectivity index (χ2v) is 5.05. The van der Waals surface area contributed by atoms with Crippen molar-refractivity contribution in [2.45, 2.75) is 25.5 Å². The van der Waals surface area contributed by atoms with Gasteiger partial charge in [-0.25, -0.2) is 0 Å². The van der Waals surface area contributed by atoms with Crippen molar-refractivity contribution in [3.05, 3.63) is 42.0 Å². The van der Waals surface area contributed by atoms with Crippen LogP contribution < -0.4 is 10.1 Å². The molecule has 0 fully saturated rings.